The van der Waals surface area contributed by atoms with Crippen LogP contribution in [0.2, 0.25) is 0 Å². The van der Waals surface area contributed by atoms with Gasteiger partial charge in [0.15, 0.2) is 11.8 Å². The lowest BCUT2D eigenvalue weighted by Crippen LogP contribution is -2.33. The van der Waals surface area contributed by atoms with Crippen LogP contribution in [0.4, 0.5) is 26.3 Å². The molecule has 0 aromatic carbocycles. The maximum Gasteiger partial charge on any atom is 0.435 e. The highest BCUT2D eigenvalue weighted by molar-refractivity contribution is 5.03. The molecule has 1 N–H and O–H groups in total. The zero-order valence-electron chi connectivity index (χ0n) is 7.55. The lowest BCUT2D eigenvalue weighted by Gasteiger charge is -2.14. The molecule has 0 aliphatic carbocycles. The number of halogens is 6. The second-order valence-electron chi connectivity index (χ2n) is 2.98. The van der Waals surface area contributed by atoms with E-state index in [1.807, 2.05) is 0 Å². The van der Waals surface area contributed by atoms with Gasteiger partial charge in [-0.3, -0.25) is 4.68 Å². The van der Waals surface area contributed by atoms with Gasteiger partial charge in [0.05, 0.1) is 6.54 Å². The number of aliphatic hydroxyl groups excluding tert-OH is 1. The third-order valence-electron chi connectivity index (χ3n) is 1.67. The number of nitrogens with zero attached hydrogens (tertiary/aromatic N) is 2. The van der Waals surface area contributed by atoms with Crippen molar-refractivity contribution in [2.24, 2.45) is 0 Å². The summed E-state index contributed by atoms with van der Waals surface area (Å²) < 4.78 is 72.0. The summed E-state index contributed by atoms with van der Waals surface area (Å²) in [6.07, 6.45) is -11.6. The lowest BCUT2D eigenvalue weighted by atomic mass is 10.3. The monoisotopic (exact) mass is 248 g/mol. The first-order valence-electron chi connectivity index (χ1n) is 3.96. The molecule has 1 unspecified atom stereocenters. The molecule has 92 valence electrons. The van der Waals surface area contributed by atoms with Gasteiger partial charge in [-0.2, -0.15) is 31.4 Å². The maximum atomic E-state index is 12.0. The Balaban J connectivity index is 2.74. The second kappa shape index (κ2) is 3.96. The van der Waals surface area contributed by atoms with Crippen LogP contribution < -0.4 is 0 Å². The molecular weight excluding hydrogens is 242 g/mol. The van der Waals surface area contributed by atoms with Crippen molar-refractivity contribution in [2.45, 2.75) is 25.0 Å². The Bertz CT molecular complexity index is 354. The Labute approximate surface area is 85.3 Å². The van der Waals surface area contributed by atoms with Gasteiger partial charge in [0, 0.05) is 6.20 Å². The van der Waals surface area contributed by atoms with E-state index in [1.165, 1.54) is 0 Å². The summed E-state index contributed by atoms with van der Waals surface area (Å²) >= 11 is 0. The van der Waals surface area contributed by atoms with E-state index in [4.69, 9.17) is 5.11 Å². The molecule has 0 amide bonds. The topological polar surface area (TPSA) is 38.0 Å². The average Bonchev–Trinajstić information content (AvgIpc) is 2.49. The maximum absolute atomic E-state index is 12.0. The zero-order chi connectivity index (χ0) is 12.6. The van der Waals surface area contributed by atoms with Crippen molar-refractivity contribution in [1.29, 1.82) is 0 Å². The van der Waals surface area contributed by atoms with Crippen molar-refractivity contribution >= 4 is 0 Å². The predicted octanol–water partition coefficient (Wildman–Crippen LogP) is 1.83. The molecule has 0 aliphatic rings. The summed E-state index contributed by atoms with van der Waals surface area (Å²) in [5.74, 6) is 0. The van der Waals surface area contributed by atoms with Crippen LogP contribution in [-0.4, -0.2) is 27.2 Å². The van der Waals surface area contributed by atoms with Gasteiger partial charge in [0.2, 0.25) is 0 Å². The minimum Gasteiger partial charge on any atom is -0.382 e. The van der Waals surface area contributed by atoms with Crippen LogP contribution in [0.5, 0.6) is 0 Å². The van der Waals surface area contributed by atoms with Crippen LogP contribution in [0.15, 0.2) is 12.3 Å². The van der Waals surface area contributed by atoms with Gasteiger partial charge in [-0.25, -0.2) is 0 Å². The first-order valence-corrected chi connectivity index (χ1v) is 3.96. The SMILES string of the molecule is OC(Cn1ccc(C(F)(F)F)n1)C(F)(F)F. The predicted molar refractivity (Wildman–Crippen MR) is 39.3 cm³/mol. The molecule has 16 heavy (non-hydrogen) atoms. The van der Waals surface area contributed by atoms with E-state index in [0.29, 0.717) is 10.7 Å². The van der Waals surface area contributed by atoms with E-state index in [-0.39, 0.29) is 0 Å². The Morgan fingerprint density at radius 2 is 1.81 bits per heavy atom. The number of alkyl halides is 6. The van der Waals surface area contributed by atoms with Crippen LogP contribution in [0.1, 0.15) is 5.69 Å². The molecule has 0 radical (unpaired) electrons. The van der Waals surface area contributed by atoms with Crippen LogP contribution >= 0.6 is 0 Å². The molecule has 0 saturated heterocycles. The Morgan fingerprint density at radius 1 is 1.25 bits per heavy atom. The number of rotatable bonds is 2. The fourth-order valence-corrected chi connectivity index (χ4v) is 0.895. The fourth-order valence-electron chi connectivity index (χ4n) is 0.895. The average molecular weight is 248 g/mol. The molecule has 0 aliphatic heterocycles. The fraction of sp³-hybridized carbons (Fsp3) is 0.571. The molecule has 1 atom stereocenters. The summed E-state index contributed by atoms with van der Waals surface area (Å²) in [6, 6.07) is 0.531. The summed E-state index contributed by atoms with van der Waals surface area (Å²) in [4.78, 5) is 0. The van der Waals surface area contributed by atoms with Gasteiger partial charge >= 0.3 is 12.4 Å². The van der Waals surface area contributed by atoms with E-state index >= 15 is 0 Å². The van der Waals surface area contributed by atoms with Crippen LogP contribution in [0.25, 0.3) is 0 Å². The third kappa shape index (κ3) is 3.12. The summed E-state index contributed by atoms with van der Waals surface area (Å²) in [7, 11) is 0. The van der Waals surface area contributed by atoms with Crippen molar-refractivity contribution in [3.05, 3.63) is 18.0 Å². The van der Waals surface area contributed by atoms with E-state index in [9.17, 15) is 26.3 Å². The third-order valence-corrected chi connectivity index (χ3v) is 1.67. The molecule has 3 nitrogen and oxygen atoms in total. The van der Waals surface area contributed by atoms with E-state index < -0.39 is 30.7 Å². The molecule has 1 heterocycles. The van der Waals surface area contributed by atoms with Gasteiger partial charge in [-0.1, -0.05) is 0 Å². The van der Waals surface area contributed by atoms with Crippen molar-refractivity contribution in [2.75, 3.05) is 0 Å². The first-order chi connectivity index (χ1) is 7.10. The molecule has 0 bridgehead atoms. The molecule has 1 aromatic rings. The minimum atomic E-state index is -4.88. The van der Waals surface area contributed by atoms with Gasteiger partial charge in [-0.15, -0.1) is 0 Å². The summed E-state index contributed by atoms with van der Waals surface area (Å²) in [5.41, 5.74) is -1.30. The molecule has 1 aromatic heterocycles. The quantitative estimate of drug-likeness (QED) is 0.811. The van der Waals surface area contributed by atoms with Gasteiger partial charge in [-0.05, 0) is 6.07 Å². The minimum absolute atomic E-state index is 0.390. The van der Waals surface area contributed by atoms with Crippen molar-refractivity contribution in [3.8, 4) is 0 Å². The van der Waals surface area contributed by atoms with E-state index in [1.54, 1.807) is 0 Å². The van der Waals surface area contributed by atoms with Crippen LogP contribution in [0.3, 0.4) is 0 Å². The van der Waals surface area contributed by atoms with Gasteiger partial charge < -0.3 is 5.11 Å². The standard InChI is InChI=1S/C7H6F6N2O/c8-6(9,10)4-1-2-15(14-4)3-5(16)7(11,12)13/h1-2,5,16H,3H2. The first kappa shape index (κ1) is 12.8. The highest BCUT2D eigenvalue weighted by Crippen LogP contribution is 2.27. The largest absolute Gasteiger partial charge is 0.435 e. The molecule has 9 heteroatoms. The van der Waals surface area contributed by atoms with Crippen molar-refractivity contribution in [1.82, 2.24) is 9.78 Å². The highest BCUT2D eigenvalue weighted by Gasteiger charge is 2.39. The Kier molecular flexibility index (Phi) is 3.17. The molecule has 0 saturated carbocycles. The second-order valence-corrected chi connectivity index (χ2v) is 2.98. The zero-order valence-corrected chi connectivity index (χ0v) is 7.55. The van der Waals surface area contributed by atoms with Crippen LogP contribution in [-0.2, 0) is 12.7 Å². The molecule has 0 fully saturated rings. The molecule has 1 rings (SSSR count). The lowest BCUT2D eigenvalue weighted by molar-refractivity contribution is -0.208. The Morgan fingerprint density at radius 3 is 2.19 bits per heavy atom. The number of hydrogen-bond donors (Lipinski definition) is 1. The van der Waals surface area contributed by atoms with E-state index in [2.05, 4.69) is 5.10 Å². The normalized spacial score (nSPS) is 15.2. The number of aromatic nitrogens is 2. The van der Waals surface area contributed by atoms with Gasteiger partial charge in [0.25, 0.3) is 0 Å². The highest BCUT2D eigenvalue weighted by atomic mass is 19.4. The van der Waals surface area contributed by atoms with Gasteiger partial charge in [0.1, 0.15) is 0 Å². The van der Waals surface area contributed by atoms with Crippen molar-refractivity contribution < 1.29 is 31.4 Å². The van der Waals surface area contributed by atoms with Crippen molar-refractivity contribution in [3.63, 3.8) is 0 Å². The van der Waals surface area contributed by atoms with Crippen LogP contribution in [0, 0.1) is 0 Å². The molecule has 0 spiro atoms. The Hall–Kier alpha value is -1.25. The smallest absolute Gasteiger partial charge is 0.382 e. The number of aliphatic hydroxyl groups is 1. The summed E-state index contributed by atoms with van der Waals surface area (Å²) in [5, 5.41) is 11.5. The van der Waals surface area contributed by atoms with E-state index in [0.717, 1.165) is 6.20 Å². The number of hydrogen-bond acceptors (Lipinski definition) is 2. The summed E-state index contributed by atoms with van der Waals surface area (Å²) in [6.45, 7) is -1.07. The molecular formula is C7H6F6N2O.